The van der Waals surface area contributed by atoms with E-state index in [9.17, 15) is 14.7 Å². The number of hydrogen-bond donors (Lipinski definition) is 1. The Bertz CT molecular complexity index is 724. The predicted octanol–water partition coefficient (Wildman–Crippen LogP) is 3.75. The van der Waals surface area contributed by atoms with Crippen LogP contribution in [0.15, 0.2) is 48.5 Å². The number of esters is 1. The minimum Gasteiger partial charge on any atom is -0.454 e. The Kier molecular flexibility index (Phi) is 6.12. The van der Waals surface area contributed by atoms with E-state index in [1.807, 2.05) is 19.1 Å². The first-order valence-corrected chi connectivity index (χ1v) is 8.04. The monoisotopic (exact) mass is 346 g/mol. The van der Waals surface area contributed by atoms with Crippen LogP contribution in [-0.2, 0) is 16.0 Å². The summed E-state index contributed by atoms with van der Waals surface area (Å²) in [5.74, 6) is -1.17. The van der Waals surface area contributed by atoms with Crippen LogP contribution in [-0.4, -0.2) is 23.0 Å². The molecule has 0 radical (unpaired) electrons. The molecule has 1 N–H and O–H groups in total. The molecule has 0 aliphatic carbocycles. The molecule has 126 valence electrons. The van der Waals surface area contributed by atoms with E-state index in [-0.39, 0.29) is 10.6 Å². The van der Waals surface area contributed by atoms with Crippen LogP contribution in [0.5, 0.6) is 0 Å². The number of halogens is 1. The zero-order chi connectivity index (χ0) is 17.7. The number of carbonyl (C=O) groups is 2. The van der Waals surface area contributed by atoms with Gasteiger partial charge in [0.05, 0.1) is 5.02 Å². The van der Waals surface area contributed by atoms with Crippen molar-refractivity contribution < 1.29 is 19.4 Å². The lowest BCUT2D eigenvalue weighted by Crippen LogP contribution is -2.31. The van der Waals surface area contributed by atoms with Crippen molar-refractivity contribution in [3.05, 3.63) is 70.2 Å². The molecule has 2 aromatic carbocycles. The van der Waals surface area contributed by atoms with Crippen molar-refractivity contribution in [1.29, 1.82) is 0 Å². The highest BCUT2D eigenvalue weighted by Gasteiger charge is 2.31. The molecule has 24 heavy (non-hydrogen) atoms. The van der Waals surface area contributed by atoms with Crippen molar-refractivity contribution in [2.45, 2.75) is 32.5 Å². The lowest BCUT2D eigenvalue weighted by atomic mass is 9.96. The van der Waals surface area contributed by atoms with E-state index in [1.165, 1.54) is 13.0 Å². The van der Waals surface area contributed by atoms with Gasteiger partial charge in [-0.15, -0.1) is 0 Å². The Hall–Kier alpha value is -2.17. The van der Waals surface area contributed by atoms with Crippen molar-refractivity contribution in [1.82, 2.24) is 0 Å². The minimum absolute atomic E-state index is 0.189. The fourth-order valence-electron chi connectivity index (χ4n) is 2.39. The van der Waals surface area contributed by atoms with Gasteiger partial charge >= 0.3 is 5.97 Å². The third-order valence-corrected chi connectivity index (χ3v) is 4.03. The van der Waals surface area contributed by atoms with Crippen molar-refractivity contribution >= 4 is 23.4 Å². The fourth-order valence-corrected chi connectivity index (χ4v) is 2.62. The number of carbonyl (C=O) groups excluding carboxylic acids is 2. The number of rotatable bonds is 6. The summed E-state index contributed by atoms with van der Waals surface area (Å²) < 4.78 is 5.20. The number of ketones is 1. The molecule has 0 amide bonds. The molecule has 0 aliphatic rings. The molecule has 2 atom stereocenters. The summed E-state index contributed by atoms with van der Waals surface area (Å²) in [4.78, 5) is 24.0. The van der Waals surface area contributed by atoms with Gasteiger partial charge in [-0.25, -0.2) is 0 Å². The highest BCUT2D eigenvalue weighted by atomic mass is 35.5. The molecule has 0 fully saturated rings. The Morgan fingerprint density at radius 3 is 2.29 bits per heavy atom. The van der Waals surface area contributed by atoms with Gasteiger partial charge in [-0.2, -0.15) is 0 Å². The van der Waals surface area contributed by atoms with Crippen LogP contribution >= 0.6 is 11.6 Å². The summed E-state index contributed by atoms with van der Waals surface area (Å²) in [5, 5.41) is 10.7. The summed E-state index contributed by atoms with van der Waals surface area (Å²) in [6.07, 6.45) is -1.77. The molecule has 0 heterocycles. The molecule has 2 rings (SSSR count). The number of Topliss-reactive ketones (excluding diaryl/α,β-unsaturated/α-hetero) is 1. The van der Waals surface area contributed by atoms with Gasteiger partial charge in [-0.1, -0.05) is 54.9 Å². The topological polar surface area (TPSA) is 63.6 Å². The molecule has 4 nitrogen and oxygen atoms in total. The lowest BCUT2D eigenvalue weighted by molar-refractivity contribution is -0.151. The van der Waals surface area contributed by atoms with Crippen LogP contribution in [0.4, 0.5) is 0 Å². The van der Waals surface area contributed by atoms with Gasteiger partial charge in [-0.3, -0.25) is 9.59 Å². The molecular weight excluding hydrogens is 328 g/mol. The maximum absolute atomic E-state index is 12.6. The molecule has 5 heteroatoms. The summed E-state index contributed by atoms with van der Waals surface area (Å²) >= 11 is 6.02. The SMILES string of the molecule is CCc1ccc(C(OC(C)=O)C(O)C(=O)c2ccccc2Cl)cc1. The molecular formula is C19H19ClO4. The average Bonchev–Trinajstić information content (AvgIpc) is 2.59. The van der Waals surface area contributed by atoms with Crippen LogP contribution in [0.2, 0.25) is 5.02 Å². The van der Waals surface area contributed by atoms with Crippen LogP contribution in [0.3, 0.4) is 0 Å². The standard InChI is InChI=1S/C19H19ClO4/c1-3-13-8-10-14(11-9-13)19(24-12(2)21)18(23)17(22)15-6-4-5-7-16(15)20/h4-11,18-19,23H,3H2,1-2H3. The molecule has 0 aliphatic heterocycles. The summed E-state index contributed by atoms with van der Waals surface area (Å²) in [6.45, 7) is 3.26. The molecule has 0 spiro atoms. The third kappa shape index (κ3) is 4.22. The van der Waals surface area contributed by atoms with Gasteiger partial charge < -0.3 is 9.84 Å². The van der Waals surface area contributed by atoms with E-state index in [0.29, 0.717) is 5.56 Å². The fraction of sp³-hybridized carbons (Fsp3) is 0.263. The summed E-state index contributed by atoms with van der Waals surface area (Å²) in [6, 6.07) is 13.7. The van der Waals surface area contributed by atoms with Crippen LogP contribution in [0.1, 0.15) is 41.4 Å². The highest BCUT2D eigenvalue weighted by Crippen LogP contribution is 2.27. The van der Waals surface area contributed by atoms with E-state index in [2.05, 4.69) is 0 Å². The molecule has 0 saturated heterocycles. The quantitative estimate of drug-likeness (QED) is 0.639. The minimum atomic E-state index is -1.54. The maximum atomic E-state index is 12.6. The summed E-state index contributed by atoms with van der Waals surface area (Å²) in [5.41, 5.74) is 1.84. The van der Waals surface area contributed by atoms with Crippen molar-refractivity contribution in [3.8, 4) is 0 Å². The number of aryl methyl sites for hydroxylation is 1. The molecule has 0 saturated carbocycles. The summed E-state index contributed by atoms with van der Waals surface area (Å²) in [7, 11) is 0. The highest BCUT2D eigenvalue weighted by molar-refractivity contribution is 6.34. The van der Waals surface area contributed by atoms with Gasteiger partial charge in [0.2, 0.25) is 0 Å². The van der Waals surface area contributed by atoms with Crippen molar-refractivity contribution in [2.24, 2.45) is 0 Å². The zero-order valence-electron chi connectivity index (χ0n) is 13.5. The van der Waals surface area contributed by atoms with Gasteiger partial charge in [0.25, 0.3) is 0 Å². The number of ether oxygens (including phenoxy) is 1. The second-order valence-corrected chi connectivity index (χ2v) is 5.82. The first kappa shape index (κ1) is 18.2. The van der Waals surface area contributed by atoms with Gasteiger partial charge in [-0.05, 0) is 29.7 Å². The second-order valence-electron chi connectivity index (χ2n) is 5.41. The van der Waals surface area contributed by atoms with Crippen molar-refractivity contribution in [2.75, 3.05) is 0 Å². The molecule has 2 unspecified atom stereocenters. The second kappa shape index (κ2) is 8.08. The smallest absolute Gasteiger partial charge is 0.303 e. The van der Waals surface area contributed by atoms with Crippen molar-refractivity contribution in [3.63, 3.8) is 0 Å². The first-order valence-electron chi connectivity index (χ1n) is 7.67. The Balaban J connectivity index is 2.34. The van der Waals surface area contributed by atoms with Crippen LogP contribution < -0.4 is 0 Å². The van der Waals surface area contributed by atoms with Gasteiger partial charge in [0.1, 0.15) is 0 Å². The van der Waals surface area contributed by atoms with E-state index >= 15 is 0 Å². The molecule has 0 bridgehead atoms. The molecule has 0 aromatic heterocycles. The number of aliphatic hydroxyl groups excluding tert-OH is 1. The third-order valence-electron chi connectivity index (χ3n) is 3.70. The van der Waals surface area contributed by atoms with E-state index < -0.39 is 24.0 Å². The Labute approximate surface area is 146 Å². The van der Waals surface area contributed by atoms with Crippen LogP contribution in [0, 0.1) is 0 Å². The van der Waals surface area contributed by atoms with E-state index in [4.69, 9.17) is 16.3 Å². The largest absolute Gasteiger partial charge is 0.454 e. The predicted molar refractivity (Wildman–Crippen MR) is 92.1 cm³/mol. The normalized spacial score (nSPS) is 13.2. The van der Waals surface area contributed by atoms with E-state index in [1.54, 1.807) is 30.3 Å². The Morgan fingerprint density at radius 1 is 1.12 bits per heavy atom. The lowest BCUT2D eigenvalue weighted by Gasteiger charge is -2.22. The van der Waals surface area contributed by atoms with Crippen LogP contribution in [0.25, 0.3) is 0 Å². The van der Waals surface area contributed by atoms with E-state index in [0.717, 1.165) is 12.0 Å². The average molecular weight is 347 g/mol. The maximum Gasteiger partial charge on any atom is 0.303 e. The Morgan fingerprint density at radius 2 is 1.75 bits per heavy atom. The number of aliphatic hydroxyl groups is 1. The van der Waals surface area contributed by atoms with Gasteiger partial charge in [0, 0.05) is 12.5 Å². The van der Waals surface area contributed by atoms with Gasteiger partial charge in [0.15, 0.2) is 18.0 Å². The number of hydrogen-bond acceptors (Lipinski definition) is 4. The first-order chi connectivity index (χ1) is 11.4. The number of benzene rings is 2. The molecule has 2 aromatic rings. The zero-order valence-corrected chi connectivity index (χ0v) is 14.3.